The number of carbonyl (C=O) groups is 1. The number of ether oxygens (including phenoxy) is 1. The van der Waals surface area contributed by atoms with Gasteiger partial charge in [0.2, 0.25) is 0 Å². The highest BCUT2D eigenvalue weighted by atomic mass is 16.5. The van der Waals surface area contributed by atoms with Gasteiger partial charge in [0.15, 0.2) is 0 Å². The van der Waals surface area contributed by atoms with Crippen molar-refractivity contribution >= 4 is 5.91 Å². The number of methoxy groups -OCH3 is 1. The molecule has 0 aliphatic carbocycles. The number of rotatable bonds is 6. The van der Waals surface area contributed by atoms with Crippen molar-refractivity contribution in [1.29, 1.82) is 0 Å². The van der Waals surface area contributed by atoms with Crippen molar-refractivity contribution in [3.8, 4) is 5.75 Å². The Kier molecular flexibility index (Phi) is 5.62. The molecule has 4 nitrogen and oxygen atoms in total. The number of likely N-dealkylation sites (N-methyl/N-ethyl adjacent to an activating group) is 1. The standard InChI is InChI=1S/C20H26N2O2/c1-14-10-9-13-16(24-5)17(14)19(23)22-18(20(2,3)21-4)15-11-7-6-8-12-15/h6-13,18,21H,1-5H3,(H,22,23). The Morgan fingerprint density at radius 2 is 1.75 bits per heavy atom. The minimum atomic E-state index is -0.313. The van der Waals surface area contributed by atoms with E-state index in [2.05, 4.69) is 24.5 Å². The maximum atomic E-state index is 13.0. The maximum absolute atomic E-state index is 13.0. The minimum Gasteiger partial charge on any atom is -0.496 e. The quantitative estimate of drug-likeness (QED) is 0.854. The SMILES string of the molecule is CNC(C)(C)C(NC(=O)c1c(C)cccc1OC)c1ccccc1. The molecule has 4 heteroatoms. The van der Waals surface area contributed by atoms with Gasteiger partial charge in [-0.3, -0.25) is 4.79 Å². The molecule has 0 aliphatic rings. The number of carbonyl (C=O) groups excluding carboxylic acids is 1. The molecule has 1 atom stereocenters. The number of hydrogen-bond donors (Lipinski definition) is 2. The topological polar surface area (TPSA) is 50.4 Å². The summed E-state index contributed by atoms with van der Waals surface area (Å²) < 4.78 is 5.37. The lowest BCUT2D eigenvalue weighted by atomic mass is 9.88. The zero-order valence-electron chi connectivity index (χ0n) is 15.0. The first-order valence-electron chi connectivity index (χ1n) is 8.09. The average Bonchev–Trinajstić information content (AvgIpc) is 2.59. The van der Waals surface area contributed by atoms with E-state index in [9.17, 15) is 4.79 Å². The van der Waals surface area contributed by atoms with Crippen LogP contribution in [0.5, 0.6) is 5.75 Å². The Labute approximate surface area is 144 Å². The van der Waals surface area contributed by atoms with Crippen LogP contribution in [0.4, 0.5) is 0 Å². The van der Waals surface area contributed by atoms with Gasteiger partial charge in [-0.25, -0.2) is 0 Å². The fourth-order valence-corrected chi connectivity index (χ4v) is 2.78. The van der Waals surface area contributed by atoms with Crippen LogP contribution in [0.2, 0.25) is 0 Å². The molecule has 0 spiro atoms. The summed E-state index contributed by atoms with van der Waals surface area (Å²) in [6, 6.07) is 15.4. The number of aryl methyl sites for hydroxylation is 1. The van der Waals surface area contributed by atoms with Crippen LogP contribution in [0, 0.1) is 6.92 Å². The molecular formula is C20H26N2O2. The van der Waals surface area contributed by atoms with E-state index < -0.39 is 0 Å². The Bertz CT molecular complexity index is 696. The van der Waals surface area contributed by atoms with Crippen molar-refractivity contribution < 1.29 is 9.53 Å². The Morgan fingerprint density at radius 3 is 2.33 bits per heavy atom. The van der Waals surface area contributed by atoms with Gasteiger partial charge in [0.05, 0.1) is 18.7 Å². The van der Waals surface area contributed by atoms with Crippen LogP contribution in [-0.2, 0) is 0 Å². The first-order valence-corrected chi connectivity index (χ1v) is 8.09. The summed E-state index contributed by atoms with van der Waals surface area (Å²) in [5.41, 5.74) is 2.21. The van der Waals surface area contributed by atoms with Gasteiger partial charge in [-0.05, 0) is 45.0 Å². The second-order valence-electron chi connectivity index (χ2n) is 6.44. The lowest BCUT2D eigenvalue weighted by Gasteiger charge is -2.35. The Hall–Kier alpha value is -2.33. The van der Waals surface area contributed by atoms with Gasteiger partial charge in [-0.1, -0.05) is 42.5 Å². The van der Waals surface area contributed by atoms with E-state index in [4.69, 9.17) is 4.74 Å². The molecule has 2 aromatic carbocycles. The summed E-state index contributed by atoms with van der Waals surface area (Å²) >= 11 is 0. The molecule has 2 rings (SSSR count). The molecule has 0 saturated heterocycles. The molecular weight excluding hydrogens is 300 g/mol. The first kappa shape index (κ1) is 18.0. The van der Waals surface area contributed by atoms with Gasteiger partial charge in [0.1, 0.15) is 5.75 Å². The molecule has 0 saturated carbocycles. The summed E-state index contributed by atoms with van der Waals surface area (Å²) in [5, 5.41) is 6.47. The number of nitrogens with one attached hydrogen (secondary N) is 2. The molecule has 2 aromatic rings. The van der Waals surface area contributed by atoms with Gasteiger partial charge in [-0.2, -0.15) is 0 Å². The van der Waals surface area contributed by atoms with Crippen LogP contribution in [0.15, 0.2) is 48.5 Å². The third-order valence-corrected chi connectivity index (χ3v) is 4.46. The molecule has 0 heterocycles. The van der Waals surface area contributed by atoms with Crippen LogP contribution in [0.25, 0.3) is 0 Å². The summed E-state index contributed by atoms with van der Waals surface area (Å²) in [6.07, 6.45) is 0. The molecule has 0 aliphatic heterocycles. The van der Waals surface area contributed by atoms with E-state index in [1.165, 1.54) is 0 Å². The van der Waals surface area contributed by atoms with E-state index in [1.807, 2.05) is 62.5 Å². The first-order chi connectivity index (χ1) is 11.4. The molecule has 1 unspecified atom stereocenters. The van der Waals surface area contributed by atoms with Crippen molar-refractivity contribution in [2.45, 2.75) is 32.4 Å². The molecule has 2 N–H and O–H groups in total. The van der Waals surface area contributed by atoms with Gasteiger partial charge in [0, 0.05) is 5.54 Å². The fourth-order valence-electron chi connectivity index (χ4n) is 2.78. The number of amides is 1. The highest BCUT2D eigenvalue weighted by molar-refractivity contribution is 5.98. The average molecular weight is 326 g/mol. The zero-order valence-corrected chi connectivity index (χ0v) is 15.0. The predicted molar refractivity (Wildman–Crippen MR) is 97.5 cm³/mol. The van der Waals surface area contributed by atoms with Crippen molar-refractivity contribution in [1.82, 2.24) is 10.6 Å². The number of hydrogen-bond acceptors (Lipinski definition) is 3. The van der Waals surface area contributed by atoms with E-state index >= 15 is 0 Å². The van der Waals surface area contributed by atoms with Gasteiger partial charge >= 0.3 is 0 Å². The zero-order chi connectivity index (χ0) is 17.7. The Morgan fingerprint density at radius 1 is 1.08 bits per heavy atom. The van der Waals surface area contributed by atoms with Crippen LogP contribution in [0.3, 0.4) is 0 Å². The maximum Gasteiger partial charge on any atom is 0.255 e. The lowest BCUT2D eigenvalue weighted by molar-refractivity contribution is 0.0908. The molecule has 0 aromatic heterocycles. The summed E-state index contributed by atoms with van der Waals surface area (Å²) in [5.74, 6) is 0.448. The van der Waals surface area contributed by atoms with Crippen LogP contribution in [-0.4, -0.2) is 25.6 Å². The predicted octanol–water partition coefficient (Wildman–Crippen LogP) is 3.47. The molecule has 0 fully saturated rings. The van der Waals surface area contributed by atoms with Crippen molar-refractivity contribution in [2.24, 2.45) is 0 Å². The van der Waals surface area contributed by atoms with Gasteiger partial charge < -0.3 is 15.4 Å². The molecule has 24 heavy (non-hydrogen) atoms. The van der Waals surface area contributed by atoms with E-state index in [1.54, 1.807) is 7.11 Å². The van der Waals surface area contributed by atoms with E-state index in [0.29, 0.717) is 11.3 Å². The third-order valence-electron chi connectivity index (χ3n) is 4.46. The van der Waals surface area contributed by atoms with Crippen LogP contribution in [0.1, 0.15) is 41.4 Å². The smallest absolute Gasteiger partial charge is 0.255 e. The van der Waals surface area contributed by atoms with Crippen molar-refractivity contribution in [2.75, 3.05) is 14.2 Å². The Balaban J connectivity index is 2.39. The van der Waals surface area contributed by atoms with Crippen LogP contribution < -0.4 is 15.4 Å². The fraction of sp³-hybridized carbons (Fsp3) is 0.350. The van der Waals surface area contributed by atoms with Gasteiger partial charge in [-0.15, -0.1) is 0 Å². The summed E-state index contributed by atoms with van der Waals surface area (Å²) in [4.78, 5) is 13.0. The minimum absolute atomic E-state index is 0.137. The van der Waals surface area contributed by atoms with Gasteiger partial charge in [0.25, 0.3) is 5.91 Å². The largest absolute Gasteiger partial charge is 0.496 e. The normalized spacial score (nSPS) is 12.5. The molecule has 128 valence electrons. The summed E-state index contributed by atoms with van der Waals surface area (Å²) in [6.45, 7) is 6.05. The highest BCUT2D eigenvalue weighted by Crippen LogP contribution is 2.28. The highest BCUT2D eigenvalue weighted by Gasteiger charge is 2.31. The number of benzene rings is 2. The second-order valence-corrected chi connectivity index (χ2v) is 6.44. The van der Waals surface area contributed by atoms with Crippen LogP contribution >= 0.6 is 0 Å². The molecule has 1 amide bonds. The van der Waals surface area contributed by atoms with E-state index in [0.717, 1.165) is 11.1 Å². The second kappa shape index (κ2) is 7.49. The van der Waals surface area contributed by atoms with Crippen molar-refractivity contribution in [3.05, 3.63) is 65.2 Å². The van der Waals surface area contributed by atoms with E-state index in [-0.39, 0.29) is 17.5 Å². The van der Waals surface area contributed by atoms with Crippen molar-refractivity contribution in [3.63, 3.8) is 0 Å². The molecule has 0 bridgehead atoms. The lowest BCUT2D eigenvalue weighted by Crippen LogP contribution is -2.50. The summed E-state index contributed by atoms with van der Waals surface area (Å²) in [7, 11) is 3.48. The molecule has 0 radical (unpaired) electrons. The third kappa shape index (κ3) is 3.77. The monoisotopic (exact) mass is 326 g/mol.